The van der Waals surface area contributed by atoms with Gasteiger partial charge in [-0.25, -0.2) is 4.98 Å². The van der Waals surface area contributed by atoms with Crippen molar-refractivity contribution in [1.29, 1.82) is 0 Å². The Morgan fingerprint density at radius 2 is 1.86 bits per heavy atom. The van der Waals surface area contributed by atoms with Gasteiger partial charge in [0, 0.05) is 67.2 Å². The number of nitrogens with zero attached hydrogens (tertiary/aromatic N) is 6. The van der Waals surface area contributed by atoms with Crippen molar-refractivity contribution in [2.75, 3.05) is 11.4 Å². The third-order valence-corrected chi connectivity index (χ3v) is 5.29. The number of rotatable bonds is 2. The third-order valence-electron chi connectivity index (χ3n) is 5.29. The molecule has 29 heavy (non-hydrogen) atoms. The van der Waals surface area contributed by atoms with E-state index in [-0.39, 0.29) is 5.56 Å². The van der Waals surface area contributed by atoms with Gasteiger partial charge in [-0.2, -0.15) is 4.52 Å². The summed E-state index contributed by atoms with van der Waals surface area (Å²) < 4.78 is 1.37. The van der Waals surface area contributed by atoms with Gasteiger partial charge in [-0.05, 0) is 48.7 Å². The van der Waals surface area contributed by atoms with Gasteiger partial charge in [0.1, 0.15) is 0 Å². The largest absolute Gasteiger partial charge is 0.350 e. The van der Waals surface area contributed by atoms with Gasteiger partial charge in [0.15, 0.2) is 11.5 Å². The fourth-order valence-corrected chi connectivity index (χ4v) is 3.84. The van der Waals surface area contributed by atoms with Crippen LogP contribution in [0.25, 0.3) is 16.8 Å². The van der Waals surface area contributed by atoms with Gasteiger partial charge in [-0.3, -0.25) is 14.8 Å². The normalized spacial score (nSPS) is 13.5. The van der Waals surface area contributed by atoms with Gasteiger partial charge in [-0.15, -0.1) is 5.10 Å². The molecule has 1 aliphatic heterocycles. The summed E-state index contributed by atoms with van der Waals surface area (Å²) in [6.45, 7) is 5.54. The Kier molecular flexibility index (Phi) is 4.08. The molecule has 5 rings (SSSR count). The first-order valence-electron chi connectivity index (χ1n) is 9.59. The molecule has 0 bridgehead atoms. The molecular formula is C22H20N6O. The molecule has 7 heteroatoms. The summed E-state index contributed by atoms with van der Waals surface area (Å²) in [7, 11) is 0. The van der Waals surface area contributed by atoms with Gasteiger partial charge in [0.2, 0.25) is 0 Å². The molecule has 0 saturated carbocycles. The van der Waals surface area contributed by atoms with E-state index in [0.29, 0.717) is 12.2 Å². The predicted octanol–water partition coefficient (Wildman–Crippen LogP) is 2.73. The van der Waals surface area contributed by atoms with Gasteiger partial charge in [-0.1, -0.05) is 0 Å². The van der Waals surface area contributed by atoms with Gasteiger partial charge in [0.25, 0.3) is 5.56 Å². The van der Waals surface area contributed by atoms with Crippen molar-refractivity contribution in [3.63, 3.8) is 0 Å². The molecule has 0 aromatic carbocycles. The van der Waals surface area contributed by atoms with Crippen LogP contribution in [0.2, 0.25) is 0 Å². The van der Waals surface area contributed by atoms with Crippen LogP contribution in [0.3, 0.4) is 0 Å². The van der Waals surface area contributed by atoms with E-state index >= 15 is 0 Å². The quantitative estimate of drug-likeness (QED) is 0.529. The molecule has 0 aliphatic carbocycles. The van der Waals surface area contributed by atoms with Crippen molar-refractivity contribution in [2.24, 2.45) is 0 Å². The summed E-state index contributed by atoms with van der Waals surface area (Å²) in [5.74, 6) is 0.806. The maximum atomic E-state index is 12.2. The molecule has 4 aromatic heterocycles. The molecular weight excluding hydrogens is 364 g/mol. The number of fused-ring (bicyclic) bond motifs is 2. The summed E-state index contributed by atoms with van der Waals surface area (Å²) >= 11 is 0. The maximum absolute atomic E-state index is 12.2. The molecule has 144 valence electrons. The van der Waals surface area contributed by atoms with Crippen molar-refractivity contribution < 1.29 is 0 Å². The fraction of sp³-hybridized carbons (Fsp3) is 0.227. The first kappa shape index (κ1) is 17.5. The van der Waals surface area contributed by atoms with Crippen LogP contribution in [-0.4, -0.2) is 31.1 Å². The lowest BCUT2D eigenvalue weighted by molar-refractivity contribution is 0.685. The van der Waals surface area contributed by atoms with E-state index in [1.807, 2.05) is 38.5 Å². The Hall–Kier alpha value is -3.61. The Balaban J connectivity index is 1.53. The van der Waals surface area contributed by atoms with E-state index in [4.69, 9.17) is 4.98 Å². The lowest BCUT2D eigenvalue weighted by Gasteiger charge is -2.30. The van der Waals surface area contributed by atoms with E-state index in [0.717, 1.165) is 46.7 Å². The number of anilines is 1. The maximum Gasteiger partial charge on any atom is 0.274 e. The van der Waals surface area contributed by atoms with Crippen molar-refractivity contribution in [3.8, 4) is 11.1 Å². The molecule has 0 radical (unpaired) electrons. The Morgan fingerprint density at radius 3 is 2.72 bits per heavy atom. The minimum absolute atomic E-state index is 0.176. The average Bonchev–Trinajstić information content (AvgIpc) is 2.73. The van der Waals surface area contributed by atoms with Crippen LogP contribution in [0.1, 0.15) is 22.4 Å². The summed E-state index contributed by atoms with van der Waals surface area (Å²) in [6, 6.07) is 7.64. The van der Waals surface area contributed by atoms with Crippen molar-refractivity contribution in [1.82, 2.24) is 24.6 Å². The highest BCUT2D eigenvalue weighted by atomic mass is 16.1. The first-order valence-corrected chi connectivity index (χ1v) is 9.59. The average molecular weight is 384 g/mol. The lowest BCUT2D eigenvalue weighted by Crippen LogP contribution is -2.33. The number of aromatic nitrogens is 5. The number of pyridine rings is 2. The number of hydrogen-bond donors (Lipinski definition) is 0. The molecule has 1 aliphatic rings. The minimum Gasteiger partial charge on any atom is -0.350 e. The second-order valence-electron chi connectivity index (χ2n) is 7.46. The number of aryl methyl sites for hydroxylation is 2. The highest BCUT2D eigenvalue weighted by Gasteiger charge is 2.21. The predicted molar refractivity (Wildman–Crippen MR) is 111 cm³/mol. The SMILES string of the molecule is Cc1cncc(-c2cnc3c(c2)CN(c2nn4c(=O)ccnc4cc2C)CC3)c1. The molecule has 5 heterocycles. The highest BCUT2D eigenvalue weighted by molar-refractivity contribution is 5.64. The fourth-order valence-electron chi connectivity index (χ4n) is 3.84. The monoisotopic (exact) mass is 384 g/mol. The van der Waals surface area contributed by atoms with Crippen LogP contribution in [0, 0.1) is 13.8 Å². The summed E-state index contributed by atoms with van der Waals surface area (Å²) in [5.41, 5.74) is 6.92. The van der Waals surface area contributed by atoms with Crippen molar-refractivity contribution >= 4 is 11.5 Å². The van der Waals surface area contributed by atoms with Gasteiger partial charge < -0.3 is 4.90 Å². The van der Waals surface area contributed by atoms with E-state index < -0.39 is 0 Å². The van der Waals surface area contributed by atoms with E-state index in [9.17, 15) is 4.79 Å². The van der Waals surface area contributed by atoms with Crippen LogP contribution in [0.15, 0.2) is 53.8 Å². The second-order valence-corrected chi connectivity index (χ2v) is 7.46. The van der Waals surface area contributed by atoms with Crippen LogP contribution >= 0.6 is 0 Å². The summed E-state index contributed by atoms with van der Waals surface area (Å²) in [5, 5.41) is 4.60. The van der Waals surface area contributed by atoms with Crippen LogP contribution in [0.4, 0.5) is 5.82 Å². The molecule has 0 spiro atoms. The zero-order valence-electron chi connectivity index (χ0n) is 16.3. The smallest absolute Gasteiger partial charge is 0.274 e. The summed E-state index contributed by atoms with van der Waals surface area (Å²) in [4.78, 5) is 27.6. The molecule has 0 saturated heterocycles. The van der Waals surface area contributed by atoms with Crippen LogP contribution in [-0.2, 0) is 13.0 Å². The molecule has 7 nitrogen and oxygen atoms in total. The molecule has 0 amide bonds. The molecule has 0 fully saturated rings. The highest BCUT2D eigenvalue weighted by Crippen LogP contribution is 2.28. The van der Waals surface area contributed by atoms with E-state index in [1.54, 1.807) is 0 Å². The lowest BCUT2D eigenvalue weighted by atomic mass is 10.0. The topological polar surface area (TPSA) is 76.3 Å². The number of hydrogen-bond acceptors (Lipinski definition) is 6. The Labute approximate surface area is 167 Å². The van der Waals surface area contributed by atoms with E-state index in [2.05, 4.69) is 32.1 Å². The van der Waals surface area contributed by atoms with Gasteiger partial charge in [0.05, 0.1) is 0 Å². The third kappa shape index (κ3) is 3.14. The van der Waals surface area contributed by atoms with Crippen molar-refractivity contribution in [3.05, 3.63) is 81.8 Å². The Bertz CT molecular complexity index is 1300. The van der Waals surface area contributed by atoms with Crippen LogP contribution in [0.5, 0.6) is 0 Å². The summed E-state index contributed by atoms with van der Waals surface area (Å²) in [6.07, 6.45) is 7.99. The zero-order chi connectivity index (χ0) is 20.0. The Morgan fingerprint density at radius 1 is 1.00 bits per heavy atom. The molecule has 0 unspecified atom stereocenters. The van der Waals surface area contributed by atoms with Crippen LogP contribution < -0.4 is 10.5 Å². The zero-order valence-corrected chi connectivity index (χ0v) is 16.3. The van der Waals surface area contributed by atoms with Gasteiger partial charge >= 0.3 is 0 Å². The molecule has 0 atom stereocenters. The minimum atomic E-state index is -0.176. The molecule has 4 aromatic rings. The first-order chi connectivity index (χ1) is 14.1. The second kappa shape index (κ2) is 6.77. The molecule has 0 N–H and O–H groups in total. The van der Waals surface area contributed by atoms with Crippen molar-refractivity contribution in [2.45, 2.75) is 26.8 Å². The standard InChI is InChI=1S/C22H20N6O/c1-14-7-16(11-23-10-14)17-9-18-13-27(6-4-19(18)25-12-17)22-15(2)8-20-24-5-3-21(29)28(20)26-22/h3,5,7-12H,4,6,13H2,1-2H3. The van der Waals surface area contributed by atoms with E-state index in [1.165, 1.54) is 22.3 Å².